The second kappa shape index (κ2) is 13.2. The fourth-order valence-electron chi connectivity index (χ4n) is 7.79. The quantitative estimate of drug-likeness (QED) is 0.322. The second-order valence-electron chi connectivity index (χ2n) is 12.9. The lowest BCUT2D eigenvalue weighted by atomic mass is 9.73. The van der Waals surface area contributed by atoms with Crippen molar-refractivity contribution >= 4 is 35.0 Å². The number of likely N-dealkylation sites (tertiary alicyclic amines) is 1. The third kappa shape index (κ3) is 6.09. The highest BCUT2D eigenvalue weighted by Crippen LogP contribution is 2.55. The minimum atomic E-state index is -1.22. The number of hydrogen-bond acceptors (Lipinski definition) is 5. The van der Waals surface area contributed by atoms with Crippen LogP contribution in [0.25, 0.3) is 0 Å². The lowest BCUT2D eigenvalue weighted by molar-refractivity contribution is -0.141. The van der Waals surface area contributed by atoms with Gasteiger partial charge in [0.05, 0.1) is 23.0 Å². The number of ether oxygens (including phenoxy) is 1. The predicted molar refractivity (Wildman–Crippen MR) is 165 cm³/mol. The van der Waals surface area contributed by atoms with Gasteiger partial charge in [-0.3, -0.25) is 14.4 Å². The van der Waals surface area contributed by atoms with E-state index in [9.17, 15) is 18.8 Å². The SMILES string of the molecule is CCCN(CCC)CCCN1C(=O)C2C(C(=O)Nc3ccc(F)c(Cl)c3)C3C=CC2(O3)C1C(=O)NC1CCCC(C)C1C. The number of carbonyl (C=O) groups is 3. The second-order valence-corrected chi connectivity index (χ2v) is 13.3. The van der Waals surface area contributed by atoms with E-state index >= 15 is 0 Å². The minimum absolute atomic E-state index is 0.0261. The fourth-order valence-corrected chi connectivity index (χ4v) is 7.97. The highest BCUT2D eigenvalue weighted by Gasteiger charge is 2.72. The Morgan fingerprint density at radius 1 is 1.14 bits per heavy atom. The number of benzene rings is 1. The number of nitrogens with one attached hydrogen (secondary N) is 2. The van der Waals surface area contributed by atoms with Gasteiger partial charge >= 0.3 is 0 Å². The molecule has 10 heteroatoms. The number of rotatable bonds is 12. The Bertz CT molecular complexity index is 1240. The predicted octanol–water partition coefficient (Wildman–Crippen LogP) is 5.02. The van der Waals surface area contributed by atoms with Crippen molar-refractivity contribution in [2.45, 2.75) is 90.0 Å². The Labute approximate surface area is 259 Å². The molecular formula is C33H46ClFN4O4. The summed E-state index contributed by atoms with van der Waals surface area (Å²) in [5.74, 6) is -2.27. The zero-order valence-electron chi connectivity index (χ0n) is 25.8. The van der Waals surface area contributed by atoms with Gasteiger partial charge in [0.1, 0.15) is 17.5 Å². The van der Waals surface area contributed by atoms with Gasteiger partial charge in [-0.15, -0.1) is 0 Å². The molecule has 43 heavy (non-hydrogen) atoms. The van der Waals surface area contributed by atoms with Gasteiger partial charge in [0.2, 0.25) is 17.7 Å². The molecule has 3 fully saturated rings. The summed E-state index contributed by atoms with van der Waals surface area (Å²) in [6.07, 6.45) is 8.93. The van der Waals surface area contributed by atoms with Crippen LogP contribution in [0.2, 0.25) is 5.02 Å². The summed E-state index contributed by atoms with van der Waals surface area (Å²) in [6.45, 7) is 11.9. The Morgan fingerprint density at radius 2 is 1.88 bits per heavy atom. The van der Waals surface area contributed by atoms with Crippen molar-refractivity contribution in [3.8, 4) is 0 Å². The molecule has 2 bridgehead atoms. The Morgan fingerprint density at radius 3 is 2.58 bits per heavy atom. The average molecular weight is 617 g/mol. The molecule has 3 amide bonds. The molecule has 8 nitrogen and oxygen atoms in total. The first-order valence-electron chi connectivity index (χ1n) is 16.1. The highest BCUT2D eigenvalue weighted by molar-refractivity contribution is 6.31. The van der Waals surface area contributed by atoms with E-state index in [1.807, 2.05) is 12.2 Å². The number of anilines is 1. The zero-order chi connectivity index (χ0) is 30.9. The standard InChI is InChI=1S/C33H46ClFN4O4/c1-5-15-38(16-6-2)17-8-18-39-29(31(41)37-25-10-7-9-20(3)21(25)4)33-14-13-26(43-33)27(28(33)32(39)42)30(40)36-22-11-12-24(35)23(34)19-22/h11-14,19-21,25-29H,5-10,15-18H2,1-4H3,(H,36,40)(H,37,41). The molecule has 0 radical (unpaired) electrons. The smallest absolute Gasteiger partial charge is 0.246 e. The van der Waals surface area contributed by atoms with Crippen LogP contribution in [-0.4, -0.2) is 77.5 Å². The van der Waals surface area contributed by atoms with E-state index in [2.05, 4.69) is 43.2 Å². The normalized spacial score (nSPS) is 32.9. The summed E-state index contributed by atoms with van der Waals surface area (Å²) >= 11 is 5.94. The highest BCUT2D eigenvalue weighted by atomic mass is 35.5. The summed E-state index contributed by atoms with van der Waals surface area (Å²) in [4.78, 5) is 46.2. The van der Waals surface area contributed by atoms with Crippen LogP contribution in [0, 0.1) is 29.5 Å². The van der Waals surface area contributed by atoms with Crippen LogP contribution in [0.4, 0.5) is 10.1 Å². The number of fused-ring (bicyclic) bond motifs is 1. The summed E-state index contributed by atoms with van der Waals surface area (Å²) in [5.41, 5.74) is -0.884. The summed E-state index contributed by atoms with van der Waals surface area (Å²) in [6, 6.07) is 3.13. The van der Waals surface area contributed by atoms with Crippen molar-refractivity contribution in [1.82, 2.24) is 15.1 Å². The zero-order valence-corrected chi connectivity index (χ0v) is 26.5. The van der Waals surface area contributed by atoms with Gasteiger partial charge in [0.25, 0.3) is 0 Å². The first-order chi connectivity index (χ1) is 20.6. The molecule has 1 aliphatic carbocycles. The van der Waals surface area contributed by atoms with Crippen LogP contribution in [0.15, 0.2) is 30.4 Å². The molecule has 3 aliphatic heterocycles. The van der Waals surface area contributed by atoms with Crippen molar-refractivity contribution < 1.29 is 23.5 Å². The van der Waals surface area contributed by atoms with Crippen molar-refractivity contribution in [3.05, 3.63) is 41.2 Å². The van der Waals surface area contributed by atoms with Gasteiger partial charge in [-0.25, -0.2) is 4.39 Å². The molecule has 236 valence electrons. The summed E-state index contributed by atoms with van der Waals surface area (Å²) in [5, 5.41) is 6.01. The van der Waals surface area contributed by atoms with Crippen molar-refractivity contribution in [2.24, 2.45) is 23.7 Å². The maximum absolute atomic E-state index is 14.3. The third-order valence-corrected chi connectivity index (χ3v) is 10.4. The van der Waals surface area contributed by atoms with E-state index < -0.39 is 41.3 Å². The molecule has 1 spiro atoms. The van der Waals surface area contributed by atoms with Gasteiger partial charge in [0, 0.05) is 18.3 Å². The van der Waals surface area contributed by atoms with Crippen LogP contribution in [0.5, 0.6) is 0 Å². The molecule has 4 aliphatic rings. The monoisotopic (exact) mass is 616 g/mol. The minimum Gasteiger partial charge on any atom is -0.359 e. The number of amides is 3. The van der Waals surface area contributed by atoms with Gasteiger partial charge in [-0.1, -0.05) is 64.3 Å². The van der Waals surface area contributed by atoms with Gasteiger partial charge in [-0.2, -0.15) is 0 Å². The summed E-state index contributed by atoms with van der Waals surface area (Å²) < 4.78 is 20.2. The molecule has 2 saturated heterocycles. The first-order valence-corrected chi connectivity index (χ1v) is 16.4. The molecule has 1 aromatic carbocycles. The molecule has 0 aromatic heterocycles. The van der Waals surface area contributed by atoms with E-state index in [0.29, 0.717) is 30.5 Å². The van der Waals surface area contributed by atoms with Crippen LogP contribution < -0.4 is 10.6 Å². The van der Waals surface area contributed by atoms with Crippen molar-refractivity contribution in [2.75, 3.05) is 31.5 Å². The van der Waals surface area contributed by atoms with E-state index in [1.165, 1.54) is 18.2 Å². The number of halogens is 2. The number of nitrogens with zero attached hydrogens (tertiary/aromatic N) is 2. The van der Waals surface area contributed by atoms with Crippen molar-refractivity contribution in [3.63, 3.8) is 0 Å². The number of carbonyl (C=O) groups excluding carboxylic acids is 3. The molecule has 3 heterocycles. The Kier molecular flexibility index (Phi) is 9.83. The van der Waals surface area contributed by atoms with Crippen LogP contribution >= 0.6 is 11.6 Å². The van der Waals surface area contributed by atoms with Crippen molar-refractivity contribution in [1.29, 1.82) is 0 Å². The van der Waals surface area contributed by atoms with Gasteiger partial charge < -0.3 is 25.2 Å². The molecule has 2 N–H and O–H groups in total. The van der Waals surface area contributed by atoms with E-state index in [4.69, 9.17) is 16.3 Å². The average Bonchev–Trinajstić information content (AvgIpc) is 3.61. The molecule has 5 rings (SSSR count). The fraction of sp³-hybridized carbons (Fsp3) is 0.667. The first kappa shape index (κ1) is 31.9. The van der Waals surface area contributed by atoms with Gasteiger partial charge in [-0.05, 0) is 75.4 Å². The maximum atomic E-state index is 14.3. The summed E-state index contributed by atoms with van der Waals surface area (Å²) in [7, 11) is 0. The molecule has 8 atom stereocenters. The van der Waals surface area contributed by atoms with Gasteiger partial charge in [0.15, 0.2) is 0 Å². The van der Waals surface area contributed by atoms with Crippen LogP contribution in [0.1, 0.15) is 66.2 Å². The molecular weight excluding hydrogens is 571 g/mol. The third-order valence-electron chi connectivity index (χ3n) is 10.1. The molecule has 1 aromatic rings. The Hall–Kier alpha value is -2.49. The largest absolute Gasteiger partial charge is 0.359 e. The topological polar surface area (TPSA) is 91.0 Å². The van der Waals surface area contributed by atoms with E-state index in [-0.39, 0.29) is 22.9 Å². The maximum Gasteiger partial charge on any atom is 0.246 e. The van der Waals surface area contributed by atoms with E-state index in [0.717, 1.165) is 51.7 Å². The van der Waals surface area contributed by atoms with Crippen LogP contribution in [-0.2, 0) is 19.1 Å². The van der Waals surface area contributed by atoms with Crippen LogP contribution in [0.3, 0.4) is 0 Å². The Balaban J connectivity index is 1.40. The lowest BCUT2D eigenvalue weighted by Crippen LogP contribution is -2.58. The molecule has 8 unspecified atom stereocenters. The van der Waals surface area contributed by atoms with E-state index in [1.54, 1.807) is 4.90 Å². The lowest BCUT2D eigenvalue weighted by Gasteiger charge is -2.38. The molecule has 1 saturated carbocycles. The number of hydrogen-bond donors (Lipinski definition) is 2.